The highest BCUT2D eigenvalue weighted by Gasteiger charge is 2.21. The number of hydrogen-bond acceptors (Lipinski definition) is 7. The highest BCUT2D eigenvalue weighted by molar-refractivity contribution is 7.99. The number of aromatic nitrogens is 3. The molecule has 0 saturated carbocycles. The highest BCUT2D eigenvalue weighted by Crippen LogP contribution is 2.34. The summed E-state index contributed by atoms with van der Waals surface area (Å²) in [5.41, 5.74) is 3.02. The number of benzene rings is 3. The third-order valence-corrected chi connectivity index (χ3v) is 7.95. The molecule has 5 aromatic rings. The van der Waals surface area contributed by atoms with Crippen LogP contribution in [0.4, 0.5) is 22.2 Å². The normalized spacial score (nSPS) is 13.7. The number of H-pyrrole nitrogens is 1. The first kappa shape index (κ1) is 26.7. The Kier molecular flexibility index (Phi) is 8.01. The van der Waals surface area contributed by atoms with Crippen LogP contribution in [0.25, 0.3) is 10.9 Å². The lowest BCUT2D eigenvalue weighted by Gasteiger charge is -2.35. The second-order valence-corrected chi connectivity index (χ2v) is 10.8. The number of hydrogen-bond donors (Lipinski definition) is 3. The van der Waals surface area contributed by atoms with Crippen LogP contribution in [-0.4, -0.2) is 59.2 Å². The quantitative estimate of drug-likeness (QED) is 0.196. The van der Waals surface area contributed by atoms with E-state index in [0.29, 0.717) is 5.69 Å². The molecule has 1 saturated heterocycles. The molecule has 0 atom stereocenters. The molecule has 0 unspecified atom stereocenters. The Labute approximate surface area is 242 Å². The van der Waals surface area contributed by atoms with Crippen LogP contribution in [-0.2, 0) is 6.54 Å². The van der Waals surface area contributed by atoms with Crippen molar-refractivity contribution in [2.75, 3.05) is 48.8 Å². The van der Waals surface area contributed by atoms with E-state index < -0.39 is 6.03 Å². The van der Waals surface area contributed by atoms with Gasteiger partial charge in [-0.3, -0.25) is 10.2 Å². The SMILES string of the molecule is COc1ccc(NC(=O)Nc2nc(Sc3c[nH]c4ccccc34)cc(N3CCN(Cc4ccccc4)CC3)n2)cc1. The zero-order valence-electron chi connectivity index (χ0n) is 22.7. The molecule has 1 aliphatic heterocycles. The Morgan fingerprint density at radius 1 is 0.927 bits per heavy atom. The first-order chi connectivity index (χ1) is 20.1. The van der Waals surface area contributed by atoms with Gasteiger partial charge >= 0.3 is 6.03 Å². The fourth-order valence-corrected chi connectivity index (χ4v) is 5.77. The van der Waals surface area contributed by atoms with Crippen molar-refractivity contribution in [1.29, 1.82) is 0 Å². The van der Waals surface area contributed by atoms with Crippen molar-refractivity contribution in [3.8, 4) is 5.75 Å². The van der Waals surface area contributed by atoms with E-state index in [2.05, 4.69) is 61.8 Å². The van der Waals surface area contributed by atoms with E-state index in [1.165, 1.54) is 5.56 Å². The number of para-hydroxylation sites is 1. The van der Waals surface area contributed by atoms with Crippen LogP contribution in [0.2, 0.25) is 0 Å². The van der Waals surface area contributed by atoms with E-state index >= 15 is 0 Å². The Morgan fingerprint density at radius 2 is 1.68 bits per heavy atom. The van der Waals surface area contributed by atoms with Gasteiger partial charge in [-0.05, 0) is 35.9 Å². The number of methoxy groups -OCH3 is 1. The van der Waals surface area contributed by atoms with Crippen molar-refractivity contribution in [2.45, 2.75) is 16.5 Å². The second-order valence-electron chi connectivity index (χ2n) is 9.74. The van der Waals surface area contributed by atoms with E-state index in [9.17, 15) is 4.79 Å². The number of fused-ring (bicyclic) bond motifs is 1. The molecule has 6 rings (SSSR count). The Balaban J connectivity index is 1.20. The third kappa shape index (κ3) is 6.62. The number of anilines is 3. The number of urea groups is 1. The minimum absolute atomic E-state index is 0.252. The standard InChI is InChI=1S/C31H31N7O2S/c1-40-24-13-11-23(12-14-24)33-31(39)36-30-34-28(38-17-15-37(16-18-38)21-22-7-3-2-4-8-22)19-29(35-30)41-27-20-32-26-10-6-5-9-25(26)27/h2-14,19-20,32H,15-18,21H2,1H3,(H2,33,34,35,36,39). The maximum Gasteiger partial charge on any atom is 0.326 e. The maximum atomic E-state index is 12.9. The molecule has 0 spiro atoms. The summed E-state index contributed by atoms with van der Waals surface area (Å²) in [4.78, 5) is 31.4. The average Bonchev–Trinajstić information content (AvgIpc) is 3.41. The zero-order valence-corrected chi connectivity index (χ0v) is 23.5. The lowest BCUT2D eigenvalue weighted by atomic mass is 10.2. The predicted octanol–water partition coefficient (Wildman–Crippen LogP) is 6.08. The van der Waals surface area contributed by atoms with E-state index in [-0.39, 0.29) is 5.95 Å². The van der Waals surface area contributed by atoms with Gasteiger partial charge in [0.05, 0.1) is 7.11 Å². The van der Waals surface area contributed by atoms with Crippen molar-refractivity contribution >= 4 is 46.1 Å². The lowest BCUT2D eigenvalue weighted by molar-refractivity contribution is 0.249. The molecule has 208 valence electrons. The highest BCUT2D eigenvalue weighted by atomic mass is 32.2. The molecule has 41 heavy (non-hydrogen) atoms. The van der Waals surface area contributed by atoms with Gasteiger partial charge < -0.3 is 19.9 Å². The molecule has 0 bridgehead atoms. The minimum Gasteiger partial charge on any atom is -0.497 e. The second kappa shape index (κ2) is 12.3. The van der Waals surface area contributed by atoms with Gasteiger partial charge in [0.25, 0.3) is 0 Å². The van der Waals surface area contributed by atoms with Gasteiger partial charge in [-0.2, -0.15) is 4.98 Å². The topological polar surface area (TPSA) is 98.4 Å². The predicted molar refractivity (Wildman–Crippen MR) is 164 cm³/mol. The fourth-order valence-electron chi connectivity index (χ4n) is 4.84. The monoisotopic (exact) mass is 565 g/mol. The number of amides is 2. The number of carbonyl (C=O) groups excluding carboxylic acids is 1. The van der Waals surface area contributed by atoms with Crippen molar-refractivity contribution in [1.82, 2.24) is 19.9 Å². The molecule has 1 fully saturated rings. The van der Waals surface area contributed by atoms with Crippen LogP contribution >= 0.6 is 11.8 Å². The number of aromatic amines is 1. The van der Waals surface area contributed by atoms with E-state index in [0.717, 1.165) is 65.1 Å². The first-order valence-electron chi connectivity index (χ1n) is 13.5. The summed E-state index contributed by atoms with van der Waals surface area (Å²) in [5, 5.41) is 7.56. The lowest BCUT2D eigenvalue weighted by Crippen LogP contribution is -2.46. The van der Waals surface area contributed by atoms with E-state index in [1.807, 2.05) is 30.5 Å². The van der Waals surface area contributed by atoms with Crippen molar-refractivity contribution in [2.24, 2.45) is 0 Å². The summed E-state index contributed by atoms with van der Waals surface area (Å²) in [6, 6.07) is 27.5. The molecule has 3 heterocycles. The molecule has 3 N–H and O–H groups in total. The minimum atomic E-state index is -0.414. The van der Waals surface area contributed by atoms with E-state index in [1.54, 1.807) is 43.1 Å². The first-order valence-corrected chi connectivity index (χ1v) is 14.3. The van der Waals surface area contributed by atoms with Crippen LogP contribution < -0.4 is 20.3 Å². The third-order valence-electron chi connectivity index (χ3n) is 6.97. The molecule has 9 nitrogen and oxygen atoms in total. The summed E-state index contributed by atoms with van der Waals surface area (Å²) >= 11 is 1.55. The maximum absolute atomic E-state index is 12.9. The molecule has 10 heteroatoms. The Bertz CT molecular complexity index is 1620. The number of rotatable bonds is 8. The largest absolute Gasteiger partial charge is 0.497 e. The van der Waals surface area contributed by atoms with Gasteiger partial charge in [0.2, 0.25) is 5.95 Å². The van der Waals surface area contributed by atoms with Gasteiger partial charge in [0.15, 0.2) is 0 Å². The molecule has 2 amide bonds. The van der Waals surface area contributed by atoms with Crippen molar-refractivity contribution < 1.29 is 9.53 Å². The van der Waals surface area contributed by atoms with Gasteiger partial charge in [-0.25, -0.2) is 9.78 Å². The number of nitrogens with zero attached hydrogens (tertiary/aromatic N) is 4. The van der Waals surface area contributed by atoms with Crippen LogP contribution in [0.3, 0.4) is 0 Å². The molecule has 3 aromatic carbocycles. The number of piperazine rings is 1. The van der Waals surface area contributed by atoms with Crippen LogP contribution in [0.1, 0.15) is 5.56 Å². The van der Waals surface area contributed by atoms with Crippen LogP contribution in [0, 0.1) is 0 Å². The molecule has 0 radical (unpaired) electrons. The number of carbonyl (C=O) groups is 1. The summed E-state index contributed by atoms with van der Waals surface area (Å²) in [6.07, 6.45) is 1.99. The summed E-state index contributed by atoms with van der Waals surface area (Å²) in [7, 11) is 1.61. The van der Waals surface area contributed by atoms with Crippen molar-refractivity contribution in [3.05, 3.63) is 96.7 Å². The number of nitrogens with one attached hydrogen (secondary N) is 3. The average molecular weight is 566 g/mol. The zero-order chi connectivity index (χ0) is 28.0. The smallest absolute Gasteiger partial charge is 0.326 e. The molecule has 1 aliphatic rings. The molecular formula is C31H31N7O2S. The molecule has 0 aliphatic carbocycles. The molecular weight excluding hydrogens is 534 g/mol. The van der Waals surface area contributed by atoms with Crippen LogP contribution in [0.5, 0.6) is 5.75 Å². The molecule has 2 aromatic heterocycles. The number of ether oxygens (including phenoxy) is 1. The summed E-state index contributed by atoms with van der Waals surface area (Å²) in [5.74, 6) is 1.76. The Hall–Kier alpha value is -4.54. The Morgan fingerprint density at radius 3 is 2.46 bits per heavy atom. The van der Waals surface area contributed by atoms with E-state index in [4.69, 9.17) is 14.7 Å². The van der Waals surface area contributed by atoms with Gasteiger partial charge in [-0.15, -0.1) is 0 Å². The fraction of sp³-hybridized carbons (Fsp3) is 0.194. The summed E-state index contributed by atoms with van der Waals surface area (Å²) in [6.45, 7) is 4.44. The van der Waals surface area contributed by atoms with Crippen molar-refractivity contribution in [3.63, 3.8) is 0 Å². The van der Waals surface area contributed by atoms with Crippen LogP contribution in [0.15, 0.2) is 101 Å². The van der Waals surface area contributed by atoms with Gasteiger partial charge in [0.1, 0.15) is 16.6 Å². The van der Waals surface area contributed by atoms with Gasteiger partial charge in [0, 0.05) is 66.5 Å². The summed E-state index contributed by atoms with van der Waals surface area (Å²) < 4.78 is 5.20. The van der Waals surface area contributed by atoms with Gasteiger partial charge in [-0.1, -0.05) is 60.3 Å².